The second kappa shape index (κ2) is 10.5. The lowest BCUT2D eigenvalue weighted by atomic mass is 10.1. The number of nitrogens with one attached hydrogen (secondary N) is 2. The third-order valence-electron chi connectivity index (χ3n) is 4.06. The van der Waals surface area contributed by atoms with Crippen molar-refractivity contribution in [1.29, 1.82) is 0 Å². The minimum absolute atomic E-state index is 0.176. The van der Waals surface area contributed by atoms with Crippen LogP contribution in [-0.2, 0) is 17.3 Å². The number of halogens is 3. The molecule has 29 heavy (non-hydrogen) atoms. The van der Waals surface area contributed by atoms with Crippen LogP contribution in [0.4, 0.5) is 23.7 Å². The van der Waals surface area contributed by atoms with Crippen LogP contribution in [-0.4, -0.2) is 25.2 Å². The monoisotopic (exact) mass is 408 g/mol. The molecule has 0 aliphatic rings. The lowest BCUT2D eigenvalue weighted by Crippen LogP contribution is -2.30. The lowest BCUT2D eigenvalue weighted by Gasteiger charge is -2.10. The molecule has 2 aromatic carbocycles. The Morgan fingerprint density at radius 2 is 1.79 bits per heavy atom. The Hall–Kier alpha value is -3.03. The number of carbonyl (C=O) groups is 2. The summed E-state index contributed by atoms with van der Waals surface area (Å²) in [4.78, 5) is 23.8. The summed E-state index contributed by atoms with van der Waals surface area (Å²) in [5, 5.41) is 5.19. The van der Waals surface area contributed by atoms with Crippen molar-refractivity contribution in [3.05, 3.63) is 65.2 Å². The van der Waals surface area contributed by atoms with Crippen molar-refractivity contribution in [2.75, 3.05) is 18.5 Å². The zero-order valence-electron chi connectivity index (χ0n) is 16.0. The second-order valence-electron chi connectivity index (χ2n) is 6.40. The first-order valence-electron chi connectivity index (χ1n) is 9.27. The summed E-state index contributed by atoms with van der Waals surface area (Å²) in [7, 11) is 0. The van der Waals surface area contributed by atoms with Crippen LogP contribution in [0.5, 0.6) is 0 Å². The highest BCUT2D eigenvalue weighted by Crippen LogP contribution is 2.29. The van der Waals surface area contributed by atoms with E-state index in [0.29, 0.717) is 23.4 Å². The number of amides is 2. The number of esters is 1. The van der Waals surface area contributed by atoms with Crippen LogP contribution in [0.3, 0.4) is 0 Å². The van der Waals surface area contributed by atoms with Gasteiger partial charge in [-0.1, -0.05) is 31.5 Å². The molecule has 0 saturated heterocycles. The molecule has 2 rings (SSSR count). The number of benzene rings is 2. The molecule has 0 radical (unpaired) electrons. The Labute approximate surface area is 167 Å². The van der Waals surface area contributed by atoms with Crippen LogP contribution >= 0.6 is 0 Å². The molecule has 0 spiro atoms. The summed E-state index contributed by atoms with van der Waals surface area (Å²) in [5.74, 6) is -0.421. The fourth-order valence-electron chi connectivity index (χ4n) is 2.48. The maximum atomic E-state index is 12.7. The molecule has 5 nitrogen and oxygen atoms in total. The summed E-state index contributed by atoms with van der Waals surface area (Å²) in [5.41, 5.74) is 0.627. The Balaban J connectivity index is 1.79. The molecule has 156 valence electrons. The predicted octanol–water partition coefficient (Wildman–Crippen LogP) is 5.03. The van der Waals surface area contributed by atoms with Gasteiger partial charge in [-0.2, -0.15) is 13.2 Å². The molecule has 0 aromatic heterocycles. The molecule has 0 heterocycles. The zero-order chi connectivity index (χ0) is 21.3. The second-order valence-corrected chi connectivity index (χ2v) is 6.40. The van der Waals surface area contributed by atoms with Crippen molar-refractivity contribution in [2.45, 2.75) is 32.4 Å². The number of hydrogen-bond donors (Lipinski definition) is 2. The van der Waals surface area contributed by atoms with Gasteiger partial charge < -0.3 is 15.4 Å². The summed E-state index contributed by atoms with van der Waals surface area (Å²) >= 11 is 0. The van der Waals surface area contributed by atoms with E-state index in [9.17, 15) is 22.8 Å². The number of urea groups is 1. The molecular weight excluding hydrogens is 385 g/mol. The van der Waals surface area contributed by atoms with Gasteiger partial charge in [-0.15, -0.1) is 0 Å². The standard InChI is InChI=1S/C21H23F3N2O3/c1-2-3-13-29-19(27)16-7-9-18(10-8-16)26-20(28)25-12-11-15-5-4-6-17(14-15)21(22,23)24/h4-10,14H,2-3,11-13H2,1H3,(H2,25,26,28). The molecule has 0 atom stereocenters. The molecule has 2 aromatic rings. The summed E-state index contributed by atoms with van der Waals surface area (Å²) in [6.45, 7) is 2.54. The highest BCUT2D eigenvalue weighted by molar-refractivity contribution is 5.92. The van der Waals surface area contributed by atoms with Gasteiger partial charge in [0.05, 0.1) is 17.7 Å². The van der Waals surface area contributed by atoms with Gasteiger partial charge in [0.15, 0.2) is 0 Å². The van der Waals surface area contributed by atoms with E-state index in [0.717, 1.165) is 25.0 Å². The van der Waals surface area contributed by atoms with Crippen LogP contribution in [0.1, 0.15) is 41.3 Å². The third kappa shape index (κ3) is 7.48. The Morgan fingerprint density at radius 1 is 1.07 bits per heavy atom. The van der Waals surface area contributed by atoms with E-state index in [1.54, 1.807) is 30.3 Å². The molecular formula is C21H23F3N2O3. The van der Waals surface area contributed by atoms with Crippen molar-refractivity contribution < 1.29 is 27.5 Å². The van der Waals surface area contributed by atoms with E-state index in [2.05, 4.69) is 10.6 Å². The molecule has 8 heteroatoms. The number of rotatable bonds is 8. The highest BCUT2D eigenvalue weighted by atomic mass is 19.4. The number of alkyl halides is 3. The summed E-state index contributed by atoms with van der Waals surface area (Å²) in [6, 6.07) is 10.7. The van der Waals surface area contributed by atoms with E-state index in [-0.39, 0.29) is 13.0 Å². The Kier molecular flexibility index (Phi) is 8.06. The first-order chi connectivity index (χ1) is 13.8. The SMILES string of the molecule is CCCCOC(=O)c1ccc(NC(=O)NCCc2cccc(C(F)(F)F)c2)cc1. The smallest absolute Gasteiger partial charge is 0.416 e. The molecule has 2 amide bonds. The quantitative estimate of drug-likeness (QED) is 0.476. The molecule has 0 unspecified atom stereocenters. The van der Waals surface area contributed by atoms with E-state index >= 15 is 0 Å². The number of anilines is 1. The Bertz CT molecular complexity index is 821. The molecule has 2 N–H and O–H groups in total. The van der Waals surface area contributed by atoms with Crippen molar-refractivity contribution in [2.24, 2.45) is 0 Å². The fourth-order valence-corrected chi connectivity index (χ4v) is 2.48. The first kappa shape index (κ1) is 22.3. The minimum Gasteiger partial charge on any atom is -0.462 e. The largest absolute Gasteiger partial charge is 0.462 e. The van der Waals surface area contributed by atoms with Crippen molar-refractivity contribution in [1.82, 2.24) is 5.32 Å². The van der Waals surface area contributed by atoms with Gasteiger partial charge >= 0.3 is 18.2 Å². The van der Waals surface area contributed by atoms with Gasteiger partial charge in [0.2, 0.25) is 0 Å². The van der Waals surface area contributed by atoms with Gasteiger partial charge in [0, 0.05) is 12.2 Å². The van der Waals surface area contributed by atoms with E-state index in [1.807, 2.05) is 6.92 Å². The number of carbonyl (C=O) groups excluding carboxylic acids is 2. The normalized spacial score (nSPS) is 11.0. The molecule has 0 bridgehead atoms. The van der Waals surface area contributed by atoms with Crippen LogP contribution in [0, 0.1) is 0 Å². The summed E-state index contributed by atoms with van der Waals surface area (Å²) < 4.78 is 43.2. The average Bonchev–Trinajstić information content (AvgIpc) is 2.68. The van der Waals surface area contributed by atoms with Crippen LogP contribution in [0.2, 0.25) is 0 Å². The molecule has 0 fully saturated rings. The highest BCUT2D eigenvalue weighted by Gasteiger charge is 2.30. The third-order valence-corrected chi connectivity index (χ3v) is 4.06. The lowest BCUT2D eigenvalue weighted by molar-refractivity contribution is -0.137. The van der Waals surface area contributed by atoms with Gasteiger partial charge in [-0.05, 0) is 48.7 Å². The molecule has 0 aliphatic carbocycles. The van der Waals surface area contributed by atoms with Crippen LogP contribution in [0.15, 0.2) is 48.5 Å². The topological polar surface area (TPSA) is 67.4 Å². The van der Waals surface area contributed by atoms with E-state index in [1.165, 1.54) is 6.07 Å². The fraction of sp³-hybridized carbons (Fsp3) is 0.333. The van der Waals surface area contributed by atoms with Crippen LogP contribution in [0.25, 0.3) is 0 Å². The van der Waals surface area contributed by atoms with Gasteiger partial charge in [0.25, 0.3) is 0 Å². The van der Waals surface area contributed by atoms with Gasteiger partial charge in [-0.25, -0.2) is 9.59 Å². The van der Waals surface area contributed by atoms with E-state index in [4.69, 9.17) is 4.74 Å². The van der Waals surface area contributed by atoms with Crippen molar-refractivity contribution >= 4 is 17.7 Å². The van der Waals surface area contributed by atoms with Crippen molar-refractivity contribution in [3.63, 3.8) is 0 Å². The minimum atomic E-state index is -4.39. The average molecular weight is 408 g/mol. The Morgan fingerprint density at radius 3 is 2.45 bits per heavy atom. The zero-order valence-corrected chi connectivity index (χ0v) is 16.0. The number of hydrogen-bond acceptors (Lipinski definition) is 3. The number of ether oxygens (including phenoxy) is 1. The number of unbranched alkanes of at least 4 members (excludes halogenated alkanes) is 1. The summed E-state index contributed by atoms with van der Waals surface area (Å²) in [6.07, 6.45) is -2.40. The van der Waals surface area contributed by atoms with E-state index < -0.39 is 23.7 Å². The van der Waals surface area contributed by atoms with Gasteiger partial charge in [0.1, 0.15) is 0 Å². The predicted molar refractivity (Wildman–Crippen MR) is 104 cm³/mol. The maximum absolute atomic E-state index is 12.7. The van der Waals surface area contributed by atoms with Gasteiger partial charge in [-0.3, -0.25) is 0 Å². The maximum Gasteiger partial charge on any atom is 0.416 e. The molecule has 0 saturated carbocycles. The first-order valence-corrected chi connectivity index (χ1v) is 9.27. The molecule has 0 aliphatic heterocycles. The van der Waals surface area contributed by atoms with Crippen LogP contribution < -0.4 is 10.6 Å². The van der Waals surface area contributed by atoms with Crippen molar-refractivity contribution in [3.8, 4) is 0 Å².